The minimum Gasteiger partial charge on any atom is -0.323 e. The highest BCUT2D eigenvalue weighted by molar-refractivity contribution is 7.90. The van der Waals surface area contributed by atoms with Gasteiger partial charge < -0.3 is 10.2 Å². The summed E-state index contributed by atoms with van der Waals surface area (Å²) in [6.45, 7) is 3.83. The number of anilines is 4. The summed E-state index contributed by atoms with van der Waals surface area (Å²) in [6, 6.07) is 5.68. The number of aryl methyl sites for hydroxylation is 2. The van der Waals surface area contributed by atoms with Crippen molar-refractivity contribution in [2.45, 2.75) is 37.5 Å². The van der Waals surface area contributed by atoms with E-state index in [0.717, 1.165) is 47.1 Å². The molecule has 35 heavy (non-hydrogen) atoms. The number of nitrogens with one attached hydrogen (secondary N) is 2. The number of hydrogen-bond donors (Lipinski definition) is 2. The monoisotopic (exact) mass is 513 g/mol. The molecule has 0 saturated heterocycles. The minimum absolute atomic E-state index is 0.0904. The van der Waals surface area contributed by atoms with Crippen LogP contribution in [0.5, 0.6) is 0 Å². The van der Waals surface area contributed by atoms with Crippen LogP contribution in [0.4, 0.5) is 27.7 Å². The second-order valence-electron chi connectivity index (χ2n) is 8.71. The van der Waals surface area contributed by atoms with Gasteiger partial charge in [0.15, 0.2) is 15.7 Å². The van der Waals surface area contributed by atoms with Crippen LogP contribution in [0.15, 0.2) is 34.5 Å². The number of halogens is 1. The molecule has 0 radical (unpaired) electrons. The number of sulfone groups is 1. The Hall–Kier alpha value is -3.38. The van der Waals surface area contributed by atoms with Crippen molar-refractivity contribution in [1.29, 1.82) is 0 Å². The maximum absolute atomic E-state index is 15.0. The third-order valence-corrected chi connectivity index (χ3v) is 7.78. The third-order valence-electron chi connectivity index (χ3n) is 5.70. The fourth-order valence-corrected chi connectivity index (χ4v) is 5.22. The van der Waals surface area contributed by atoms with E-state index in [0.29, 0.717) is 23.2 Å². The van der Waals surface area contributed by atoms with Gasteiger partial charge in [0.05, 0.1) is 10.6 Å². The van der Waals surface area contributed by atoms with Crippen molar-refractivity contribution in [3.05, 3.63) is 52.4 Å². The third kappa shape index (κ3) is 4.76. The number of aromatic amines is 1. The molecule has 1 saturated carbocycles. The van der Waals surface area contributed by atoms with E-state index in [-0.39, 0.29) is 16.5 Å². The molecule has 4 aromatic rings. The second kappa shape index (κ2) is 8.68. The van der Waals surface area contributed by atoms with Crippen LogP contribution in [-0.4, -0.2) is 46.9 Å². The summed E-state index contributed by atoms with van der Waals surface area (Å²) in [6.07, 6.45) is 3.08. The first-order chi connectivity index (χ1) is 16.6. The zero-order valence-corrected chi connectivity index (χ0v) is 21.3. The highest BCUT2D eigenvalue weighted by Crippen LogP contribution is 2.48. The lowest BCUT2D eigenvalue weighted by Gasteiger charge is -2.21. The van der Waals surface area contributed by atoms with Crippen LogP contribution in [0.1, 0.15) is 35.7 Å². The zero-order valence-electron chi connectivity index (χ0n) is 19.6. The van der Waals surface area contributed by atoms with Gasteiger partial charge in [-0.1, -0.05) is 0 Å². The highest BCUT2D eigenvalue weighted by atomic mass is 32.2. The van der Waals surface area contributed by atoms with Crippen LogP contribution < -0.4 is 10.2 Å². The predicted octanol–water partition coefficient (Wildman–Crippen LogP) is 4.87. The largest absolute Gasteiger partial charge is 0.323 e. The van der Waals surface area contributed by atoms with Crippen molar-refractivity contribution in [1.82, 2.24) is 25.1 Å². The maximum atomic E-state index is 15.0. The van der Waals surface area contributed by atoms with Crippen LogP contribution in [-0.2, 0) is 9.84 Å². The van der Waals surface area contributed by atoms with Gasteiger partial charge in [-0.05, 0) is 50.8 Å². The minimum atomic E-state index is -3.54. The Morgan fingerprint density at radius 2 is 1.94 bits per heavy atom. The number of H-pyrrole nitrogens is 1. The summed E-state index contributed by atoms with van der Waals surface area (Å²) in [5.41, 5.74) is 3.60. The summed E-state index contributed by atoms with van der Waals surface area (Å²) >= 11 is 1.49. The fourth-order valence-electron chi connectivity index (χ4n) is 3.79. The predicted molar refractivity (Wildman–Crippen MR) is 134 cm³/mol. The average Bonchev–Trinajstić information content (AvgIpc) is 3.41. The van der Waals surface area contributed by atoms with Crippen LogP contribution in [0, 0.1) is 19.7 Å². The normalized spacial score (nSPS) is 13.7. The van der Waals surface area contributed by atoms with Gasteiger partial charge in [0.1, 0.15) is 22.3 Å². The standard InChI is InChI=1S/C23H24FN7O2S2/c1-12-9-18(30-29-12)26-21-19(14-5-6-14)20(22-25-13(2)11-34-22)27-23(28-21)31(3)17-8-7-15(10-16(17)24)35(4,32)33/h7-11,14H,5-6H2,1-4H3,(H2,26,27,28,29,30). The molecule has 0 atom stereocenters. The molecule has 182 valence electrons. The Morgan fingerprint density at radius 3 is 2.51 bits per heavy atom. The number of rotatable bonds is 7. The molecule has 0 bridgehead atoms. The quantitative estimate of drug-likeness (QED) is 0.359. The van der Waals surface area contributed by atoms with Gasteiger partial charge in [-0.25, -0.2) is 22.8 Å². The molecule has 0 aliphatic heterocycles. The van der Waals surface area contributed by atoms with Crippen LogP contribution in [0.3, 0.4) is 0 Å². The molecule has 5 rings (SSSR count). The Morgan fingerprint density at radius 1 is 1.17 bits per heavy atom. The van der Waals surface area contributed by atoms with Gasteiger partial charge in [-0.2, -0.15) is 10.1 Å². The van der Waals surface area contributed by atoms with Crippen molar-refractivity contribution >= 4 is 44.4 Å². The van der Waals surface area contributed by atoms with E-state index >= 15 is 4.39 Å². The van der Waals surface area contributed by atoms with E-state index in [4.69, 9.17) is 9.97 Å². The van der Waals surface area contributed by atoms with Crippen molar-refractivity contribution in [2.24, 2.45) is 0 Å². The summed E-state index contributed by atoms with van der Waals surface area (Å²) in [5.74, 6) is 1.06. The van der Waals surface area contributed by atoms with Crippen LogP contribution in [0.25, 0.3) is 10.7 Å². The van der Waals surface area contributed by atoms with Gasteiger partial charge in [0.2, 0.25) is 5.95 Å². The molecule has 1 aliphatic carbocycles. The van der Waals surface area contributed by atoms with Crippen molar-refractivity contribution in [3.63, 3.8) is 0 Å². The van der Waals surface area contributed by atoms with Gasteiger partial charge in [0.25, 0.3) is 0 Å². The molecule has 0 spiro atoms. The molecule has 9 nitrogen and oxygen atoms in total. The Labute approximate surface area is 206 Å². The first-order valence-corrected chi connectivity index (χ1v) is 13.7. The lowest BCUT2D eigenvalue weighted by molar-refractivity contribution is 0.596. The molecule has 1 fully saturated rings. The number of hydrogen-bond acceptors (Lipinski definition) is 9. The Balaban J connectivity index is 1.65. The fraction of sp³-hybridized carbons (Fsp3) is 0.304. The Bertz CT molecular complexity index is 1530. The van der Waals surface area contributed by atoms with Gasteiger partial charge >= 0.3 is 0 Å². The van der Waals surface area contributed by atoms with Crippen molar-refractivity contribution in [3.8, 4) is 10.7 Å². The topological polar surface area (TPSA) is 117 Å². The molecule has 12 heteroatoms. The van der Waals surface area contributed by atoms with E-state index < -0.39 is 15.7 Å². The van der Waals surface area contributed by atoms with E-state index in [1.165, 1.54) is 28.4 Å². The molecular formula is C23H24FN7O2S2. The average molecular weight is 514 g/mol. The summed E-state index contributed by atoms with van der Waals surface area (Å²) in [5, 5.41) is 13.2. The van der Waals surface area contributed by atoms with Gasteiger partial charge in [0, 0.05) is 41.7 Å². The first-order valence-electron chi connectivity index (χ1n) is 11.0. The number of benzene rings is 1. The molecule has 0 amide bonds. The van der Waals surface area contributed by atoms with Gasteiger partial charge in [-0.15, -0.1) is 11.3 Å². The summed E-state index contributed by atoms with van der Waals surface area (Å²) in [4.78, 5) is 15.7. The second-order valence-corrected chi connectivity index (χ2v) is 11.6. The van der Waals surface area contributed by atoms with Crippen LogP contribution >= 0.6 is 11.3 Å². The first kappa shape index (κ1) is 23.4. The van der Waals surface area contributed by atoms with E-state index in [2.05, 4.69) is 20.5 Å². The molecule has 2 N–H and O–H groups in total. The molecule has 0 unspecified atom stereocenters. The Kier molecular flexibility index (Phi) is 5.80. The van der Waals surface area contributed by atoms with E-state index in [9.17, 15) is 8.42 Å². The van der Waals surface area contributed by atoms with Gasteiger partial charge in [-0.3, -0.25) is 5.10 Å². The van der Waals surface area contributed by atoms with E-state index in [1.807, 2.05) is 25.3 Å². The summed E-state index contributed by atoms with van der Waals surface area (Å²) in [7, 11) is -1.89. The van der Waals surface area contributed by atoms with Crippen molar-refractivity contribution < 1.29 is 12.8 Å². The molecule has 1 aromatic carbocycles. The lowest BCUT2D eigenvalue weighted by atomic mass is 10.1. The smallest absolute Gasteiger partial charge is 0.232 e. The molecule has 1 aliphatic rings. The highest BCUT2D eigenvalue weighted by Gasteiger charge is 2.33. The summed E-state index contributed by atoms with van der Waals surface area (Å²) < 4.78 is 38.7. The molecule has 3 heterocycles. The number of nitrogens with zero attached hydrogens (tertiary/aromatic N) is 5. The number of aromatic nitrogens is 5. The molecule has 3 aromatic heterocycles. The lowest BCUT2D eigenvalue weighted by Crippen LogP contribution is -2.17. The van der Waals surface area contributed by atoms with Crippen LogP contribution in [0.2, 0.25) is 0 Å². The zero-order chi connectivity index (χ0) is 24.9. The number of thiazole rings is 1. The van der Waals surface area contributed by atoms with E-state index in [1.54, 1.807) is 7.05 Å². The SMILES string of the molecule is Cc1csc(-c2nc(N(C)c3ccc(S(C)(=O)=O)cc3F)nc(Nc3cc(C)[nH]n3)c2C2CC2)n1. The van der Waals surface area contributed by atoms with Crippen molar-refractivity contribution in [2.75, 3.05) is 23.5 Å². The maximum Gasteiger partial charge on any atom is 0.232 e. The molecular weight excluding hydrogens is 489 g/mol.